The van der Waals surface area contributed by atoms with Gasteiger partial charge in [-0.05, 0) is 37.0 Å². The molecule has 0 aliphatic carbocycles. The number of rotatable bonds is 12. The molecular weight excluding hydrogens is 436 g/mol. The molecule has 11 heteroatoms. The van der Waals surface area contributed by atoms with E-state index in [1.54, 1.807) is 12.1 Å². The predicted octanol–water partition coefficient (Wildman–Crippen LogP) is -0.203. The third-order valence-electron chi connectivity index (χ3n) is 4.62. The van der Waals surface area contributed by atoms with E-state index in [-0.39, 0.29) is 30.3 Å². The average molecular weight is 469 g/mol. The molecule has 10 nitrogen and oxygen atoms in total. The highest BCUT2D eigenvalue weighted by Gasteiger charge is 2.29. The second kappa shape index (κ2) is 12.9. The Morgan fingerprint density at radius 1 is 0.938 bits per heavy atom. The van der Waals surface area contributed by atoms with Crippen LogP contribution < -0.4 is 21.7 Å². The number of aromatic hydroxyl groups is 1. The first kappa shape index (κ1) is 27.2. The fourth-order valence-corrected chi connectivity index (χ4v) is 2.97. The van der Waals surface area contributed by atoms with Crippen LogP contribution in [0.1, 0.15) is 32.8 Å². The number of thiol groups is 1. The smallest absolute Gasteiger partial charge is 0.326 e. The Labute approximate surface area is 192 Å². The molecular formula is C21H32N4O6S. The Kier molecular flexibility index (Phi) is 11.0. The number of carboxylic acid groups (broad SMARTS) is 1. The molecule has 0 spiro atoms. The number of nitrogens with two attached hydrogens (primary N) is 1. The van der Waals surface area contributed by atoms with Crippen LogP contribution in [0.4, 0.5) is 0 Å². The van der Waals surface area contributed by atoms with Crippen molar-refractivity contribution >= 4 is 36.3 Å². The lowest BCUT2D eigenvalue weighted by Gasteiger charge is -2.24. The monoisotopic (exact) mass is 468 g/mol. The fraction of sp³-hybridized carbons (Fsp3) is 0.524. The highest BCUT2D eigenvalue weighted by Crippen LogP contribution is 2.12. The number of carbonyl (C=O) groups excluding carboxylic acids is 3. The maximum absolute atomic E-state index is 12.9. The molecule has 178 valence electrons. The second-order valence-electron chi connectivity index (χ2n) is 7.98. The number of carbonyl (C=O) groups is 4. The van der Waals surface area contributed by atoms with Gasteiger partial charge in [0.1, 0.15) is 23.9 Å². The van der Waals surface area contributed by atoms with E-state index < -0.39 is 47.9 Å². The summed E-state index contributed by atoms with van der Waals surface area (Å²) in [6, 6.07) is 1.93. The highest BCUT2D eigenvalue weighted by molar-refractivity contribution is 7.80. The molecule has 32 heavy (non-hydrogen) atoms. The Hall–Kier alpha value is -2.79. The Morgan fingerprint density at radius 2 is 1.50 bits per heavy atom. The van der Waals surface area contributed by atoms with E-state index in [2.05, 4.69) is 28.6 Å². The van der Waals surface area contributed by atoms with E-state index in [0.717, 1.165) is 0 Å². The molecule has 0 fully saturated rings. The molecule has 7 N–H and O–H groups in total. The van der Waals surface area contributed by atoms with Crippen molar-refractivity contribution < 1.29 is 29.4 Å². The first-order valence-electron chi connectivity index (χ1n) is 10.2. The maximum Gasteiger partial charge on any atom is 0.326 e. The normalized spacial score (nSPS) is 14.7. The summed E-state index contributed by atoms with van der Waals surface area (Å²) < 4.78 is 0. The van der Waals surface area contributed by atoms with Crippen LogP contribution in [0.25, 0.3) is 0 Å². The summed E-state index contributed by atoms with van der Waals surface area (Å²) in [7, 11) is 0. The molecule has 1 rings (SSSR count). The molecule has 4 unspecified atom stereocenters. The molecule has 0 heterocycles. The van der Waals surface area contributed by atoms with Gasteiger partial charge in [-0.1, -0.05) is 26.0 Å². The number of nitrogens with one attached hydrogen (secondary N) is 3. The lowest BCUT2D eigenvalue weighted by Crippen LogP contribution is -2.57. The van der Waals surface area contributed by atoms with Gasteiger partial charge in [0, 0.05) is 12.2 Å². The fourth-order valence-electron chi connectivity index (χ4n) is 2.81. The number of phenolic OH excluding ortho intramolecular Hbond substituents is 1. The Bertz CT molecular complexity index is 802. The van der Waals surface area contributed by atoms with E-state index in [0.29, 0.717) is 5.56 Å². The minimum Gasteiger partial charge on any atom is -0.508 e. The molecule has 0 saturated carbocycles. The number of phenols is 1. The van der Waals surface area contributed by atoms with Gasteiger partial charge in [0.2, 0.25) is 17.7 Å². The number of amides is 3. The zero-order valence-corrected chi connectivity index (χ0v) is 19.3. The van der Waals surface area contributed by atoms with E-state index >= 15 is 0 Å². The Balaban J connectivity index is 2.99. The van der Waals surface area contributed by atoms with Gasteiger partial charge < -0.3 is 31.9 Å². The summed E-state index contributed by atoms with van der Waals surface area (Å²) in [5.41, 5.74) is 6.22. The molecule has 0 saturated heterocycles. The van der Waals surface area contributed by atoms with Crippen molar-refractivity contribution in [2.45, 2.75) is 57.8 Å². The SMILES string of the molecule is CC(C)CC(NC(=O)C(Cc1ccc(O)cc1)NC(=O)C(C)NC(=O)C(N)CS)C(=O)O. The molecule has 4 atom stereocenters. The van der Waals surface area contributed by atoms with Crippen LogP contribution in [0.2, 0.25) is 0 Å². The molecule has 1 aromatic rings. The molecule has 0 bridgehead atoms. The molecule has 0 aliphatic heterocycles. The van der Waals surface area contributed by atoms with Crippen molar-refractivity contribution in [3.63, 3.8) is 0 Å². The molecule has 3 amide bonds. The highest BCUT2D eigenvalue weighted by atomic mass is 32.1. The number of hydrogen-bond donors (Lipinski definition) is 7. The summed E-state index contributed by atoms with van der Waals surface area (Å²) in [5, 5.41) is 26.4. The lowest BCUT2D eigenvalue weighted by atomic mass is 10.0. The molecule has 1 aromatic carbocycles. The largest absolute Gasteiger partial charge is 0.508 e. The molecule has 0 aromatic heterocycles. The van der Waals surface area contributed by atoms with E-state index in [1.165, 1.54) is 19.1 Å². The van der Waals surface area contributed by atoms with Crippen molar-refractivity contribution in [1.82, 2.24) is 16.0 Å². The molecule has 0 radical (unpaired) electrons. The Morgan fingerprint density at radius 3 is 2.00 bits per heavy atom. The van der Waals surface area contributed by atoms with E-state index in [1.807, 2.05) is 13.8 Å². The van der Waals surface area contributed by atoms with Crippen molar-refractivity contribution in [2.24, 2.45) is 11.7 Å². The van der Waals surface area contributed by atoms with Gasteiger partial charge in [0.15, 0.2) is 0 Å². The van der Waals surface area contributed by atoms with E-state index in [4.69, 9.17) is 5.73 Å². The van der Waals surface area contributed by atoms with Crippen molar-refractivity contribution in [3.05, 3.63) is 29.8 Å². The summed E-state index contributed by atoms with van der Waals surface area (Å²) in [6.45, 7) is 5.10. The van der Waals surface area contributed by atoms with Gasteiger partial charge in [-0.2, -0.15) is 12.6 Å². The average Bonchev–Trinajstić information content (AvgIpc) is 2.72. The zero-order valence-electron chi connectivity index (χ0n) is 18.4. The van der Waals surface area contributed by atoms with Gasteiger partial charge >= 0.3 is 5.97 Å². The zero-order chi connectivity index (χ0) is 24.4. The maximum atomic E-state index is 12.9. The minimum absolute atomic E-state index is 0.0211. The van der Waals surface area contributed by atoms with Crippen molar-refractivity contribution in [3.8, 4) is 5.75 Å². The number of aliphatic carboxylic acids is 1. The third kappa shape index (κ3) is 9.15. The lowest BCUT2D eigenvalue weighted by molar-refractivity contribution is -0.142. The first-order chi connectivity index (χ1) is 14.9. The van der Waals surface area contributed by atoms with Crippen LogP contribution >= 0.6 is 12.6 Å². The second-order valence-corrected chi connectivity index (χ2v) is 8.35. The van der Waals surface area contributed by atoms with Gasteiger partial charge in [-0.3, -0.25) is 14.4 Å². The minimum atomic E-state index is -1.18. The van der Waals surface area contributed by atoms with Crippen LogP contribution in [0, 0.1) is 5.92 Å². The van der Waals surface area contributed by atoms with Gasteiger partial charge in [0.25, 0.3) is 0 Å². The summed E-state index contributed by atoms with van der Waals surface area (Å²) in [4.78, 5) is 49.0. The number of benzene rings is 1. The first-order valence-corrected chi connectivity index (χ1v) is 10.9. The topological polar surface area (TPSA) is 171 Å². The summed E-state index contributed by atoms with van der Waals surface area (Å²) in [6.07, 6.45) is 0.262. The predicted molar refractivity (Wildman–Crippen MR) is 122 cm³/mol. The molecule has 0 aliphatic rings. The quantitative estimate of drug-likeness (QED) is 0.208. The number of carboxylic acids is 1. The van der Waals surface area contributed by atoms with Crippen molar-refractivity contribution in [1.29, 1.82) is 0 Å². The van der Waals surface area contributed by atoms with Gasteiger partial charge in [-0.15, -0.1) is 0 Å². The van der Waals surface area contributed by atoms with Crippen molar-refractivity contribution in [2.75, 3.05) is 5.75 Å². The van der Waals surface area contributed by atoms with Crippen LogP contribution in [0.15, 0.2) is 24.3 Å². The summed E-state index contributed by atoms with van der Waals surface area (Å²) in [5.74, 6) is -2.90. The van der Waals surface area contributed by atoms with E-state index in [9.17, 15) is 29.4 Å². The van der Waals surface area contributed by atoms with Crippen LogP contribution in [0.5, 0.6) is 5.75 Å². The van der Waals surface area contributed by atoms with Gasteiger partial charge in [0.05, 0.1) is 6.04 Å². The standard InChI is InChI=1S/C21H32N4O6S/c1-11(2)8-17(21(30)31)25-20(29)16(9-13-4-6-14(26)7-5-13)24-18(27)12(3)23-19(28)15(22)10-32/h4-7,11-12,15-17,26,32H,8-10,22H2,1-3H3,(H,23,28)(H,24,27)(H,25,29)(H,30,31). The third-order valence-corrected chi connectivity index (χ3v) is 5.01. The van der Waals surface area contributed by atoms with Crippen LogP contribution in [-0.4, -0.2) is 63.8 Å². The summed E-state index contributed by atoms with van der Waals surface area (Å²) >= 11 is 3.94. The van der Waals surface area contributed by atoms with Crippen LogP contribution in [0.3, 0.4) is 0 Å². The number of hydrogen-bond acceptors (Lipinski definition) is 7. The van der Waals surface area contributed by atoms with Crippen LogP contribution in [-0.2, 0) is 25.6 Å². The van der Waals surface area contributed by atoms with Gasteiger partial charge in [-0.25, -0.2) is 4.79 Å².